The van der Waals surface area contributed by atoms with Gasteiger partial charge in [0.15, 0.2) is 11.7 Å². The van der Waals surface area contributed by atoms with E-state index in [1.807, 2.05) is 43.3 Å². The van der Waals surface area contributed by atoms with Crippen molar-refractivity contribution >= 4 is 40.7 Å². The summed E-state index contributed by atoms with van der Waals surface area (Å²) in [7, 11) is 0. The number of halogens is 1. The van der Waals surface area contributed by atoms with Crippen LogP contribution in [-0.4, -0.2) is 23.5 Å². The van der Waals surface area contributed by atoms with E-state index < -0.39 is 5.91 Å². The first-order valence-corrected chi connectivity index (χ1v) is 10.4. The van der Waals surface area contributed by atoms with Crippen LogP contribution in [-0.2, 0) is 16.0 Å². The molecular formula is C22H26ClN3O3S. The minimum absolute atomic E-state index is 0.00549. The number of ether oxygens (including phenoxy) is 1. The van der Waals surface area contributed by atoms with E-state index in [1.54, 1.807) is 6.07 Å². The van der Waals surface area contributed by atoms with Gasteiger partial charge in [0.25, 0.3) is 5.91 Å². The smallest absolute Gasteiger partial charge is 0.276 e. The van der Waals surface area contributed by atoms with Crippen LogP contribution >= 0.6 is 23.8 Å². The molecule has 0 unspecified atom stereocenters. The first kappa shape index (κ1) is 23.6. The summed E-state index contributed by atoms with van der Waals surface area (Å²) in [5.41, 5.74) is 7.88. The second-order valence-corrected chi connectivity index (χ2v) is 7.94. The zero-order valence-electron chi connectivity index (χ0n) is 17.3. The van der Waals surface area contributed by atoms with Gasteiger partial charge >= 0.3 is 0 Å². The average Bonchev–Trinajstić information content (AvgIpc) is 2.70. The van der Waals surface area contributed by atoms with E-state index in [0.717, 1.165) is 16.7 Å². The standard InChI is InChI=1S/C22H26ClN3O3S/c1-14(2)17-10-8-15(3)12-19(17)29-13-21(28)25-26-22(30)24-20(27)11-9-16-6-4-5-7-18(16)23/h4-8,10,12,14H,9,11,13H2,1-3H3,(H,25,28)(H2,24,26,27,30). The van der Waals surface area contributed by atoms with Gasteiger partial charge in [-0.05, 0) is 60.3 Å². The van der Waals surface area contributed by atoms with Crippen LogP contribution in [0.25, 0.3) is 0 Å². The molecular weight excluding hydrogens is 422 g/mol. The minimum atomic E-state index is -0.418. The second-order valence-electron chi connectivity index (χ2n) is 7.13. The van der Waals surface area contributed by atoms with Gasteiger partial charge < -0.3 is 10.1 Å². The fourth-order valence-corrected chi connectivity index (χ4v) is 3.11. The number of aryl methyl sites for hydroxylation is 2. The molecule has 0 aliphatic heterocycles. The summed E-state index contributed by atoms with van der Waals surface area (Å²) < 4.78 is 5.66. The molecule has 2 amide bonds. The van der Waals surface area contributed by atoms with Gasteiger partial charge in [-0.1, -0.05) is 55.8 Å². The fourth-order valence-electron chi connectivity index (χ4n) is 2.72. The number of hydrazine groups is 1. The third kappa shape index (κ3) is 7.65. The zero-order valence-corrected chi connectivity index (χ0v) is 18.8. The Kier molecular flexibility index (Phi) is 9.08. The van der Waals surface area contributed by atoms with Crippen molar-refractivity contribution in [2.75, 3.05) is 6.61 Å². The molecule has 0 aromatic heterocycles. The highest BCUT2D eigenvalue weighted by molar-refractivity contribution is 7.80. The molecule has 0 aliphatic carbocycles. The molecule has 2 aromatic rings. The molecule has 0 aliphatic rings. The largest absolute Gasteiger partial charge is 0.483 e. The molecule has 2 rings (SSSR count). The van der Waals surface area contributed by atoms with Gasteiger partial charge in [-0.25, -0.2) is 0 Å². The van der Waals surface area contributed by atoms with Gasteiger partial charge in [0, 0.05) is 11.4 Å². The van der Waals surface area contributed by atoms with Crippen molar-refractivity contribution < 1.29 is 14.3 Å². The molecule has 0 heterocycles. The maximum Gasteiger partial charge on any atom is 0.276 e. The van der Waals surface area contributed by atoms with Crippen molar-refractivity contribution in [3.05, 3.63) is 64.2 Å². The minimum Gasteiger partial charge on any atom is -0.483 e. The van der Waals surface area contributed by atoms with Gasteiger partial charge in [-0.2, -0.15) is 0 Å². The van der Waals surface area contributed by atoms with Crippen LogP contribution in [0.2, 0.25) is 5.02 Å². The number of thiocarbonyl (C=S) groups is 1. The number of nitrogens with one attached hydrogen (secondary N) is 3. The van der Waals surface area contributed by atoms with Crippen molar-refractivity contribution in [2.45, 2.75) is 39.5 Å². The molecule has 30 heavy (non-hydrogen) atoms. The van der Waals surface area contributed by atoms with Crippen LogP contribution in [0, 0.1) is 6.92 Å². The number of hydrogen-bond donors (Lipinski definition) is 3. The number of benzene rings is 2. The molecule has 0 saturated carbocycles. The topological polar surface area (TPSA) is 79.5 Å². The Morgan fingerprint density at radius 2 is 1.83 bits per heavy atom. The van der Waals surface area contributed by atoms with E-state index in [2.05, 4.69) is 30.0 Å². The molecule has 8 heteroatoms. The zero-order chi connectivity index (χ0) is 22.1. The third-order valence-electron chi connectivity index (χ3n) is 4.30. The molecule has 0 spiro atoms. The SMILES string of the molecule is Cc1ccc(C(C)C)c(OCC(=O)NNC(=S)NC(=O)CCc2ccccc2Cl)c1. The molecule has 0 bridgehead atoms. The monoisotopic (exact) mass is 447 g/mol. The number of carbonyl (C=O) groups is 2. The first-order chi connectivity index (χ1) is 14.3. The Balaban J connectivity index is 1.73. The van der Waals surface area contributed by atoms with E-state index >= 15 is 0 Å². The van der Waals surface area contributed by atoms with Gasteiger partial charge in [0.05, 0.1) is 0 Å². The van der Waals surface area contributed by atoms with Crippen LogP contribution in [0.5, 0.6) is 5.75 Å². The molecule has 0 saturated heterocycles. The lowest BCUT2D eigenvalue weighted by molar-refractivity contribution is -0.124. The quantitative estimate of drug-likeness (QED) is 0.444. The normalized spacial score (nSPS) is 10.4. The van der Waals surface area contributed by atoms with Crippen molar-refractivity contribution in [1.29, 1.82) is 0 Å². The molecule has 0 fully saturated rings. The highest BCUT2D eigenvalue weighted by Gasteiger charge is 2.11. The highest BCUT2D eigenvalue weighted by Crippen LogP contribution is 2.27. The molecule has 0 radical (unpaired) electrons. The summed E-state index contributed by atoms with van der Waals surface area (Å²) in [5, 5.41) is 3.14. The van der Waals surface area contributed by atoms with E-state index in [4.69, 9.17) is 28.6 Å². The molecule has 160 valence electrons. The number of carbonyl (C=O) groups excluding carboxylic acids is 2. The van der Waals surface area contributed by atoms with Crippen molar-refractivity contribution in [3.8, 4) is 5.75 Å². The maximum atomic E-state index is 12.0. The van der Waals surface area contributed by atoms with Crippen LogP contribution < -0.4 is 20.9 Å². The molecule has 0 atom stereocenters. The second kappa shape index (κ2) is 11.5. The number of amides is 2. The molecule has 3 N–H and O–H groups in total. The maximum absolute atomic E-state index is 12.0. The Morgan fingerprint density at radius 3 is 2.53 bits per heavy atom. The van der Waals surface area contributed by atoms with Crippen LogP contribution in [0.3, 0.4) is 0 Å². The summed E-state index contributed by atoms with van der Waals surface area (Å²) in [6.45, 7) is 5.91. The lowest BCUT2D eigenvalue weighted by Gasteiger charge is -2.15. The van der Waals surface area contributed by atoms with E-state index in [9.17, 15) is 9.59 Å². The lowest BCUT2D eigenvalue weighted by Crippen LogP contribution is -2.49. The number of hydrogen-bond acceptors (Lipinski definition) is 4. The van der Waals surface area contributed by atoms with Crippen molar-refractivity contribution in [1.82, 2.24) is 16.2 Å². The Hall–Kier alpha value is -2.64. The average molecular weight is 448 g/mol. The molecule has 6 nitrogen and oxygen atoms in total. The highest BCUT2D eigenvalue weighted by atomic mass is 35.5. The summed E-state index contributed by atoms with van der Waals surface area (Å²) in [4.78, 5) is 24.0. The summed E-state index contributed by atoms with van der Waals surface area (Å²) in [6.07, 6.45) is 0.705. The number of rotatable bonds is 7. The van der Waals surface area contributed by atoms with E-state index in [0.29, 0.717) is 17.2 Å². The van der Waals surface area contributed by atoms with Crippen molar-refractivity contribution in [2.24, 2.45) is 0 Å². The summed E-state index contributed by atoms with van der Waals surface area (Å²) in [6, 6.07) is 13.3. The Morgan fingerprint density at radius 1 is 1.10 bits per heavy atom. The van der Waals surface area contributed by atoms with E-state index in [-0.39, 0.29) is 30.0 Å². The van der Waals surface area contributed by atoms with Gasteiger partial charge in [-0.3, -0.25) is 20.4 Å². The van der Waals surface area contributed by atoms with Crippen molar-refractivity contribution in [3.63, 3.8) is 0 Å². The Labute approximate surface area is 187 Å². The van der Waals surface area contributed by atoms with Crippen LogP contribution in [0.15, 0.2) is 42.5 Å². The predicted octanol–water partition coefficient (Wildman–Crippen LogP) is 3.81. The Bertz CT molecular complexity index is 918. The van der Waals surface area contributed by atoms with Crippen LogP contribution in [0.1, 0.15) is 42.9 Å². The van der Waals surface area contributed by atoms with Gasteiger partial charge in [0.1, 0.15) is 5.75 Å². The van der Waals surface area contributed by atoms with Gasteiger partial charge in [-0.15, -0.1) is 0 Å². The van der Waals surface area contributed by atoms with E-state index in [1.165, 1.54) is 0 Å². The summed E-state index contributed by atoms with van der Waals surface area (Å²) in [5.74, 6) is 0.254. The fraction of sp³-hybridized carbons (Fsp3) is 0.318. The summed E-state index contributed by atoms with van der Waals surface area (Å²) >= 11 is 11.1. The predicted molar refractivity (Wildman–Crippen MR) is 123 cm³/mol. The first-order valence-electron chi connectivity index (χ1n) is 9.61. The third-order valence-corrected chi connectivity index (χ3v) is 4.87. The molecule has 2 aromatic carbocycles. The van der Waals surface area contributed by atoms with Crippen LogP contribution in [0.4, 0.5) is 0 Å². The lowest BCUT2D eigenvalue weighted by atomic mass is 10.0. The van der Waals surface area contributed by atoms with Gasteiger partial charge in [0.2, 0.25) is 5.91 Å².